The van der Waals surface area contributed by atoms with E-state index in [1.807, 2.05) is 0 Å². The molecule has 0 radical (unpaired) electrons. The van der Waals surface area contributed by atoms with Crippen LogP contribution in [0.25, 0.3) is 0 Å². The number of ether oxygens (including phenoxy) is 1. The van der Waals surface area contributed by atoms with Crippen molar-refractivity contribution in [3.63, 3.8) is 0 Å². The number of nitrogens with one attached hydrogen (secondary N) is 3. The van der Waals surface area contributed by atoms with Crippen molar-refractivity contribution in [1.82, 2.24) is 10.0 Å². The number of carbonyl (C=O) groups excluding carboxylic acids is 2. The molecule has 0 atom stereocenters. The molecule has 28 heavy (non-hydrogen) atoms. The highest BCUT2D eigenvalue weighted by atomic mass is 32.2. The molecule has 0 heterocycles. The molecule has 0 aliphatic heterocycles. The number of sulfonamides is 1. The van der Waals surface area contributed by atoms with Gasteiger partial charge in [0, 0.05) is 24.2 Å². The lowest BCUT2D eigenvalue weighted by Crippen LogP contribution is -2.40. The van der Waals surface area contributed by atoms with Crippen molar-refractivity contribution in [2.24, 2.45) is 0 Å². The molecule has 0 bridgehead atoms. The maximum atomic E-state index is 12.4. The first-order valence-electron chi connectivity index (χ1n) is 9.09. The van der Waals surface area contributed by atoms with Gasteiger partial charge in [-0.1, -0.05) is 6.07 Å². The first kappa shape index (κ1) is 23.9. The first-order valence-corrected chi connectivity index (χ1v) is 10.6. The summed E-state index contributed by atoms with van der Waals surface area (Å²) in [4.78, 5) is 23.7. The van der Waals surface area contributed by atoms with Crippen molar-refractivity contribution in [1.29, 1.82) is 0 Å². The number of rotatable bonds is 7. The van der Waals surface area contributed by atoms with Gasteiger partial charge >= 0.3 is 6.09 Å². The summed E-state index contributed by atoms with van der Waals surface area (Å²) in [5.74, 6) is -0.274. The van der Waals surface area contributed by atoms with E-state index >= 15 is 0 Å². The standard InChI is InChI=1S/C19H31N3O5S/c1-18(2,3)22-28(25,26)15-10-7-9-14(13-15)21-16(23)11-8-12-20-17(24)27-19(4,5)6/h7,9-10,13,22H,8,11-12H2,1-6H3,(H,20,24)(H,21,23). The molecule has 3 N–H and O–H groups in total. The Labute approximate surface area is 167 Å². The number of amides is 2. The van der Waals surface area contributed by atoms with E-state index in [9.17, 15) is 18.0 Å². The van der Waals surface area contributed by atoms with Crippen LogP contribution in [0, 0.1) is 0 Å². The normalized spacial score (nSPS) is 12.4. The Hall–Kier alpha value is -2.13. The largest absolute Gasteiger partial charge is 0.444 e. The number of carbonyl (C=O) groups is 2. The molecule has 0 unspecified atom stereocenters. The van der Waals surface area contributed by atoms with Gasteiger partial charge in [-0.3, -0.25) is 4.79 Å². The van der Waals surface area contributed by atoms with E-state index in [0.29, 0.717) is 18.7 Å². The van der Waals surface area contributed by atoms with E-state index in [1.165, 1.54) is 12.1 Å². The highest BCUT2D eigenvalue weighted by Gasteiger charge is 2.22. The zero-order chi connectivity index (χ0) is 21.6. The zero-order valence-electron chi connectivity index (χ0n) is 17.4. The van der Waals surface area contributed by atoms with Crippen molar-refractivity contribution in [2.45, 2.75) is 70.4 Å². The van der Waals surface area contributed by atoms with Crippen LogP contribution in [0.5, 0.6) is 0 Å². The van der Waals surface area contributed by atoms with E-state index in [4.69, 9.17) is 4.74 Å². The van der Waals surface area contributed by atoms with E-state index in [1.54, 1.807) is 53.7 Å². The van der Waals surface area contributed by atoms with Crippen LogP contribution in [0.4, 0.5) is 10.5 Å². The van der Waals surface area contributed by atoms with Gasteiger partial charge in [-0.2, -0.15) is 0 Å². The molecular weight excluding hydrogens is 382 g/mol. The van der Waals surface area contributed by atoms with Crippen LogP contribution in [0.3, 0.4) is 0 Å². The fourth-order valence-corrected chi connectivity index (χ4v) is 3.64. The van der Waals surface area contributed by atoms with Gasteiger partial charge in [0.2, 0.25) is 15.9 Å². The Bertz CT molecular complexity index is 793. The minimum Gasteiger partial charge on any atom is -0.444 e. The van der Waals surface area contributed by atoms with Gasteiger partial charge in [0.1, 0.15) is 5.60 Å². The first-order chi connectivity index (χ1) is 12.7. The summed E-state index contributed by atoms with van der Waals surface area (Å²) in [6, 6.07) is 6.06. The van der Waals surface area contributed by atoms with Crippen molar-refractivity contribution < 1.29 is 22.7 Å². The molecule has 9 heteroatoms. The lowest BCUT2D eigenvalue weighted by molar-refractivity contribution is -0.116. The maximum absolute atomic E-state index is 12.4. The number of hydrogen-bond acceptors (Lipinski definition) is 5. The topological polar surface area (TPSA) is 114 Å². The molecule has 158 valence electrons. The molecule has 1 rings (SSSR count). The molecular formula is C19H31N3O5S. The van der Waals surface area contributed by atoms with E-state index in [0.717, 1.165) is 0 Å². The van der Waals surface area contributed by atoms with Crippen molar-refractivity contribution in [3.05, 3.63) is 24.3 Å². The zero-order valence-corrected chi connectivity index (χ0v) is 18.2. The summed E-state index contributed by atoms with van der Waals surface area (Å²) in [7, 11) is -3.68. The Balaban J connectivity index is 2.54. The monoisotopic (exact) mass is 413 g/mol. The van der Waals surface area contributed by atoms with Gasteiger partial charge in [0.15, 0.2) is 0 Å². The average Bonchev–Trinajstić information content (AvgIpc) is 2.48. The molecule has 1 aromatic rings. The van der Waals surface area contributed by atoms with E-state index in [2.05, 4.69) is 15.4 Å². The molecule has 2 amide bonds. The van der Waals surface area contributed by atoms with Gasteiger partial charge in [-0.05, 0) is 66.2 Å². The predicted molar refractivity (Wildman–Crippen MR) is 109 cm³/mol. The summed E-state index contributed by atoms with van der Waals surface area (Å²) >= 11 is 0. The molecule has 1 aromatic carbocycles. The second-order valence-corrected chi connectivity index (χ2v) is 10.1. The van der Waals surface area contributed by atoms with Crippen molar-refractivity contribution in [2.75, 3.05) is 11.9 Å². The number of benzene rings is 1. The summed E-state index contributed by atoms with van der Waals surface area (Å²) in [6.45, 7) is 10.9. The quantitative estimate of drug-likeness (QED) is 0.595. The van der Waals surface area contributed by atoms with Crippen LogP contribution in [-0.2, 0) is 19.6 Å². The highest BCUT2D eigenvalue weighted by molar-refractivity contribution is 7.89. The second-order valence-electron chi connectivity index (χ2n) is 8.46. The van der Waals surface area contributed by atoms with Crippen molar-refractivity contribution in [3.8, 4) is 0 Å². The molecule has 0 saturated heterocycles. The van der Waals surface area contributed by atoms with Gasteiger partial charge in [-0.15, -0.1) is 0 Å². The Morgan fingerprint density at radius 2 is 1.71 bits per heavy atom. The minimum absolute atomic E-state index is 0.0758. The highest BCUT2D eigenvalue weighted by Crippen LogP contribution is 2.17. The average molecular weight is 414 g/mol. The Morgan fingerprint density at radius 3 is 2.29 bits per heavy atom. The van der Waals surface area contributed by atoms with Gasteiger partial charge in [0.05, 0.1) is 4.90 Å². The van der Waals surface area contributed by atoms with E-state index in [-0.39, 0.29) is 17.2 Å². The van der Waals surface area contributed by atoms with Gasteiger partial charge in [-0.25, -0.2) is 17.9 Å². The molecule has 0 spiro atoms. The van der Waals surface area contributed by atoms with Gasteiger partial charge in [0.25, 0.3) is 0 Å². The van der Waals surface area contributed by atoms with Crippen LogP contribution in [0.15, 0.2) is 29.2 Å². The lowest BCUT2D eigenvalue weighted by Gasteiger charge is -2.20. The third-order valence-corrected chi connectivity index (χ3v) is 4.87. The summed E-state index contributed by atoms with van der Waals surface area (Å²) in [5, 5.41) is 5.25. The number of alkyl carbamates (subject to hydrolysis) is 1. The number of anilines is 1. The summed E-state index contributed by atoms with van der Waals surface area (Å²) < 4.78 is 32.4. The second kappa shape index (κ2) is 9.38. The minimum atomic E-state index is -3.68. The SMILES string of the molecule is CC(C)(C)NS(=O)(=O)c1cccc(NC(=O)CCCNC(=O)OC(C)(C)C)c1. The van der Waals surface area contributed by atoms with Crippen molar-refractivity contribution >= 4 is 27.7 Å². The molecule has 0 saturated carbocycles. The molecule has 0 aliphatic carbocycles. The Morgan fingerprint density at radius 1 is 1.07 bits per heavy atom. The van der Waals surface area contributed by atoms with Crippen LogP contribution >= 0.6 is 0 Å². The fourth-order valence-electron chi connectivity index (χ4n) is 2.18. The molecule has 0 fully saturated rings. The third kappa shape index (κ3) is 9.70. The smallest absolute Gasteiger partial charge is 0.407 e. The van der Waals surface area contributed by atoms with Crippen LogP contribution < -0.4 is 15.4 Å². The lowest BCUT2D eigenvalue weighted by atomic mass is 10.1. The van der Waals surface area contributed by atoms with Crippen LogP contribution in [0.1, 0.15) is 54.4 Å². The van der Waals surface area contributed by atoms with Crippen LogP contribution in [0.2, 0.25) is 0 Å². The summed E-state index contributed by atoms with van der Waals surface area (Å²) in [6.07, 6.45) is 0.0685. The molecule has 8 nitrogen and oxygen atoms in total. The maximum Gasteiger partial charge on any atom is 0.407 e. The summed E-state index contributed by atoms with van der Waals surface area (Å²) in [5.41, 5.74) is -0.796. The van der Waals surface area contributed by atoms with E-state index < -0.39 is 27.3 Å². The predicted octanol–water partition coefficient (Wildman–Crippen LogP) is 3.01. The Kier molecular flexibility index (Phi) is 8.01. The third-order valence-electron chi connectivity index (χ3n) is 3.12. The van der Waals surface area contributed by atoms with Gasteiger partial charge < -0.3 is 15.4 Å². The molecule has 0 aliphatic rings. The molecule has 0 aromatic heterocycles. The fraction of sp³-hybridized carbons (Fsp3) is 0.579. The number of hydrogen-bond donors (Lipinski definition) is 3. The van der Waals surface area contributed by atoms with Crippen LogP contribution in [-0.4, -0.2) is 38.1 Å².